The maximum Gasteiger partial charge on any atom is 0.247 e. The maximum atomic E-state index is 10.9. The molecule has 2 N–H and O–H groups in total. The lowest BCUT2D eigenvalue weighted by atomic mass is 10.2. The minimum Gasteiger partial charge on any atom is -0.392 e. The fraction of sp³-hybridized carbons (Fsp3) is 0.100. The van der Waals surface area contributed by atoms with Gasteiger partial charge in [-0.05, 0) is 23.8 Å². The fourth-order valence-corrected chi connectivity index (χ4v) is 0.887. The number of carbonyl (C=O) groups is 1. The lowest BCUT2D eigenvalue weighted by Crippen LogP contribution is -2.06. The molecule has 1 aromatic carbocycles. The molecular formula is C10H11NO2. The first-order valence-electron chi connectivity index (χ1n) is 3.89. The molecule has 0 aliphatic rings. The molecule has 13 heavy (non-hydrogen) atoms. The average molecular weight is 177 g/mol. The molecule has 0 atom stereocenters. The van der Waals surface area contributed by atoms with E-state index in [4.69, 9.17) is 5.11 Å². The molecule has 0 aromatic heterocycles. The highest BCUT2D eigenvalue weighted by molar-refractivity contribution is 5.98. The molecule has 0 aliphatic carbocycles. The van der Waals surface area contributed by atoms with Gasteiger partial charge in [-0.3, -0.25) is 4.79 Å². The Morgan fingerprint density at radius 3 is 2.54 bits per heavy atom. The summed E-state index contributed by atoms with van der Waals surface area (Å²) in [6.45, 7) is 3.35. The summed E-state index contributed by atoms with van der Waals surface area (Å²) in [6.07, 6.45) is 1.21. The molecule has 3 heteroatoms. The molecule has 0 unspecified atom stereocenters. The summed E-state index contributed by atoms with van der Waals surface area (Å²) < 4.78 is 0. The van der Waals surface area contributed by atoms with E-state index in [2.05, 4.69) is 11.9 Å². The molecule has 1 rings (SSSR count). The third kappa shape index (κ3) is 2.72. The van der Waals surface area contributed by atoms with Crippen LogP contribution in [0.25, 0.3) is 0 Å². The van der Waals surface area contributed by atoms with Crippen molar-refractivity contribution in [3.63, 3.8) is 0 Å². The van der Waals surface area contributed by atoms with Crippen LogP contribution in [0.1, 0.15) is 5.56 Å². The van der Waals surface area contributed by atoms with Crippen LogP contribution < -0.4 is 5.32 Å². The molecule has 0 saturated carbocycles. The van der Waals surface area contributed by atoms with Gasteiger partial charge >= 0.3 is 0 Å². The third-order valence-corrected chi connectivity index (χ3v) is 1.59. The Bertz CT molecular complexity index is 303. The number of aliphatic hydroxyl groups is 1. The van der Waals surface area contributed by atoms with E-state index in [1.165, 1.54) is 6.08 Å². The largest absolute Gasteiger partial charge is 0.392 e. The lowest BCUT2D eigenvalue weighted by Gasteiger charge is -2.02. The van der Waals surface area contributed by atoms with E-state index in [1.807, 2.05) is 0 Å². The van der Waals surface area contributed by atoms with Crippen LogP contribution in [0.3, 0.4) is 0 Å². The summed E-state index contributed by atoms with van der Waals surface area (Å²) >= 11 is 0. The molecule has 0 saturated heterocycles. The Morgan fingerprint density at radius 1 is 1.46 bits per heavy atom. The first-order chi connectivity index (χ1) is 6.26. The van der Waals surface area contributed by atoms with Gasteiger partial charge in [-0.2, -0.15) is 0 Å². The number of hydrogen-bond donors (Lipinski definition) is 2. The third-order valence-electron chi connectivity index (χ3n) is 1.59. The minimum absolute atomic E-state index is 0.00961. The highest BCUT2D eigenvalue weighted by Gasteiger charge is 1.96. The molecular weight excluding hydrogens is 166 g/mol. The molecule has 68 valence electrons. The lowest BCUT2D eigenvalue weighted by molar-refractivity contribution is -0.111. The maximum absolute atomic E-state index is 10.9. The highest BCUT2D eigenvalue weighted by Crippen LogP contribution is 2.09. The van der Waals surface area contributed by atoms with Crippen molar-refractivity contribution in [1.29, 1.82) is 0 Å². The van der Waals surface area contributed by atoms with Gasteiger partial charge < -0.3 is 10.4 Å². The van der Waals surface area contributed by atoms with Crippen LogP contribution in [0, 0.1) is 0 Å². The molecule has 0 radical (unpaired) electrons. The van der Waals surface area contributed by atoms with Crippen LogP contribution in [-0.2, 0) is 11.4 Å². The van der Waals surface area contributed by atoms with Crippen LogP contribution in [0.5, 0.6) is 0 Å². The number of hydrogen-bond acceptors (Lipinski definition) is 2. The number of aliphatic hydroxyl groups excluding tert-OH is 1. The highest BCUT2D eigenvalue weighted by atomic mass is 16.3. The molecule has 1 amide bonds. The second-order valence-corrected chi connectivity index (χ2v) is 2.55. The zero-order valence-electron chi connectivity index (χ0n) is 7.16. The van der Waals surface area contributed by atoms with Crippen LogP contribution in [0.15, 0.2) is 36.9 Å². The number of nitrogens with one attached hydrogen (secondary N) is 1. The second-order valence-electron chi connectivity index (χ2n) is 2.55. The van der Waals surface area contributed by atoms with E-state index in [-0.39, 0.29) is 12.5 Å². The van der Waals surface area contributed by atoms with Crippen molar-refractivity contribution in [2.45, 2.75) is 6.61 Å². The minimum atomic E-state index is -0.239. The van der Waals surface area contributed by atoms with Crippen molar-refractivity contribution >= 4 is 11.6 Å². The van der Waals surface area contributed by atoms with Gasteiger partial charge in [-0.15, -0.1) is 0 Å². The standard InChI is InChI=1S/C10H11NO2/c1-2-10(13)11-9-5-3-8(7-12)4-6-9/h2-6,12H,1,7H2,(H,11,13). The Balaban J connectivity index is 2.69. The van der Waals surface area contributed by atoms with Gasteiger partial charge in [0.25, 0.3) is 0 Å². The summed E-state index contributed by atoms with van der Waals surface area (Å²) in [6, 6.07) is 6.96. The first-order valence-corrected chi connectivity index (χ1v) is 3.89. The predicted molar refractivity (Wildman–Crippen MR) is 51.2 cm³/mol. The number of benzene rings is 1. The average Bonchev–Trinajstić information content (AvgIpc) is 2.19. The zero-order chi connectivity index (χ0) is 9.68. The van der Waals surface area contributed by atoms with E-state index >= 15 is 0 Å². The van der Waals surface area contributed by atoms with Gasteiger partial charge in [0.2, 0.25) is 5.91 Å². The monoisotopic (exact) mass is 177 g/mol. The number of carbonyl (C=O) groups excluding carboxylic acids is 1. The molecule has 1 aromatic rings. The van der Waals surface area contributed by atoms with E-state index in [9.17, 15) is 4.79 Å². The van der Waals surface area contributed by atoms with Crippen LogP contribution in [0.4, 0.5) is 5.69 Å². The predicted octanol–water partition coefficient (Wildman–Crippen LogP) is 1.30. The van der Waals surface area contributed by atoms with Gasteiger partial charge in [-0.25, -0.2) is 0 Å². The van der Waals surface area contributed by atoms with Gasteiger partial charge in [0, 0.05) is 5.69 Å². The van der Waals surface area contributed by atoms with Crippen LogP contribution in [-0.4, -0.2) is 11.0 Å². The summed E-state index contributed by atoms with van der Waals surface area (Å²) in [7, 11) is 0. The Labute approximate surface area is 76.7 Å². The first kappa shape index (κ1) is 9.48. The van der Waals surface area contributed by atoms with Crippen molar-refractivity contribution in [2.75, 3.05) is 5.32 Å². The summed E-state index contributed by atoms with van der Waals surface area (Å²) in [5, 5.41) is 11.4. The molecule has 0 fully saturated rings. The van der Waals surface area contributed by atoms with E-state index in [0.29, 0.717) is 5.69 Å². The van der Waals surface area contributed by atoms with Gasteiger partial charge in [0.1, 0.15) is 0 Å². The summed E-state index contributed by atoms with van der Waals surface area (Å²) in [5.41, 5.74) is 1.51. The molecule has 0 aliphatic heterocycles. The van der Waals surface area contributed by atoms with Crippen LogP contribution in [0.2, 0.25) is 0 Å². The second kappa shape index (κ2) is 4.42. The fourth-order valence-electron chi connectivity index (χ4n) is 0.887. The summed E-state index contributed by atoms with van der Waals surface area (Å²) in [4.78, 5) is 10.9. The molecule has 0 bridgehead atoms. The van der Waals surface area contributed by atoms with Crippen molar-refractivity contribution in [3.05, 3.63) is 42.5 Å². The van der Waals surface area contributed by atoms with Gasteiger partial charge in [-0.1, -0.05) is 18.7 Å². The molecule has 3 nitrogen and oxygen atoms in total. The normalized spacial score (nSPS) is 9.31. The van der Waals surface area contributed by atoms with E-state index in [0.717, 1.165) is 5.56 Å². The quantitative estimate of drug-likeness (QED) is 0.684. The summed E-state index contributed by atoms with van der Waals surface area (Å²) in [5.74, 6) is -0.239. The van der Waals surface area contributed by atoms with Crippen molar-refractivity contribution in [2.24, 2.45) is 0 Å². The SMILES string of the molecule is C=CC(=O)Nc1ccc(CO)cc1. The van der Waals surface area contributed by atoms with Crippen molar-refractivity contribution in [3.8, 4) is 0 Å². The van der Waals surface area contributed by atoms with Crippen LogP contribution >= 0.6 is 0 Å². The van der Waals surface area contributed by atoms with E-state index < -0.39 is 0 Å². The number of anilines is 1. The van der Waals surface area contributed by atoms with Gasteiger partial charge in [0.05, 0.1) is 6.61 Å². The Hall–Kier alpha value is -1.61. The Morgan fingerprint density at radius 2 is 2.08 bits per heavy atom. The van der Waals surface area contributed by atoms with Crippen molar-refractivity contribution < 1.29 is 9.90 Å². The number of amides is 1. The number of rotatable bonds is 3. The van der Waals surface area contributed by atoms with Gasteiger partial charge in [0.15, 0.2) is 0 Å². The van der Waals surface area contributed by atoms with E-state index in [1.54, 1.807) is 24.3 Å². The molecule has 0 heterocycles. The smallest absolute Gasteiger partial charge is 0.247 e. The molecule has 0 spiro atoms. The van der Waals surface area contributed by atoms with Crippen molar-refractivity contribution in [1.82, 2.24) is 0 Å². The Kier molecular flexibility index (Phi) is 3.23. The topological polar surface area (TPSA) is 49.3 Å². The zero-order valence-corrected chi connectivity index (χ0v) is 7.16.